The molecule has 1 aliphatic carbocycles. The SMILES string of the molecule is COc1nc(-c2c(C)c(Cl)cc3[nH]ncc23)c(F)c2nc(OC[C@]34CCCC3N(C3C[C@@H](C)O[C@H](C)C3)CCC4)nc(N3CCOC[C@@](C)(O)C3)c12. The first kappa shape index (κ1) is 35.7. The van der Waals surface area contributed by atoms with Gasteiger partial charge in [0.1, 0.15) is 28.0 Å². The van der Waals surface area contributed by atoms with Crippen LogP contribution in [0.5, 0.6) is 11.9 Å². The zero-order chi connectivity index (χ0) is 36.4. The maximum atomic E-state index is 17.3. The van der Waals surface area contributed by atoms with E-state index in [0.29, 0.717) is 70.1 Å². The third kappa shape index (κ3) is 6.36. The molecule has 12 nitrogen and oxygen atoms in total. The summed E-state index contributed by atoms with van der Waals surface area (Å²) in [5, 5.41) is 19.7. The maximum Gasteiger partial charge on any atom is 0.319 e. The Morgan fingerprint density at radius 1 is 1.13 bits per heavy atom. The van der Waals surface area contributed by atoms with Gasteiger partial charge in [0.05, 0.1) is 57.4 Å². The fourth-order valence-corrected chi connectivity index (χ4v) is 9.79. The average molecular weight is 738 g/mol. The highest BCUT2D eigenvalue weighted by atomic mass is 35.5. The normalized spacial score (nSPS) is 30.1. The van der Waals surface area contributed by atoms with E-state index in [1.54, 1.807) is 19.2 Å². The summed E-state index contributed by atoms with van der Waals surface area (Å²) in [5.74, 6) is -0.141. The Bertz CT molecular complexity index is 1970. The number of hydrogen-bond acceptors (Lipinski definition) is 11. The van der Waals surface area contributed by atoms with Crippen molar-refractivity contribution in [1.29, 1.82) is 0 Å². The van der Waals surface area contributed by atoms with E-state index in [0.717, 1.165) is 51.5 Å². The van der Waals surface area contributed by atoms with E-state index in [4.69, 9.17) is 45.5 Å². The number of ether oxygens (including phenoxy) is 4. The maximum absolute atomic E-state index is 17.3. The van der Waals surface area contributed by atoms with Crippen LogP contribution in [0.4, 0.5) is 10.2 Å². The van der Waals surface area contributed by atoms with Crippen LogP contribution in [0.15, 0.2) is 12.3 Å². The Balaban J connectivity index is 1.23. The quantitative estimate of drug-likeness (QED) is 0.224. The summed E-state index contributed by atoms with van der Waals surface area (Å²) in [6, 6.07) is 2.71. The number of benzene rings is 1. The highest BCUT2D eigenvalue weighted by Gasteiger charge is 2.51. The molecule has 0 bridgehead atoms. The number of likely N-dealkylation sites (tertiary alicyclic amines) is 1. The lowest BCUT2D eigenvalue weighted by Gasteiger charge is -2.51. The number of methoxy groups -OCH3 is 1. The zero-order valence-corrected chi connectivity index (χ0v) is 31.4. The molecule has 0 radical (unpaired) electrons. The number of aliphatic hydroxyl groups is 1. The van der Waals surface area contributed by atoms with Gasteiger partial charge >= 0.3 is 6.01 Å². The van der Waals surface area contributed by atoms with E-state index in [-0.39, 0.29) is 53.9 Å². The summed E-state index contributed by atoms with van der Waals surface area (Å²) in [4.78, 5) is 19.1. The molecule has 0 spiro atoms. The van der Waals surface area contributed by atoms with Gasteiger partial charge in [0.2, 0.25) is 5.88 Å². The van der Waals surface area contributed by atoms with Crippen LogP contribution in [0, 0.1) is 18.2 Å². The van der Waals surface area contributed by atoms with Crippen LogP contribution in [0.2, 0.25) is 5.02 Å². The Labute approximate surface area is 308 Å². The summed E-state index contributed by atoms with van der Waals surface area (Å²) in [6.07, 6.45) is 9.65. The molecule has 0 amide bonds. The first-order chi connectivity index (χ1) is 25.0. The second-order valence-corrected chi connectivity index (χ2v) is 16.2. The average Bonchev–Trinajstić information content (AvgIpc) is 3.72. The Morgan fingerprint density at radius 2 is 1.92 bits per heavy atom. The van der Waals surface area contributed by atoms with Gasteiger partial charge in [-0.25, -0.2) is 9.37 Å². The van der Waals surface area contributed by atoms with Crippen molar-refractivity contribution in [1.82, 2.24) is 30.0 Å². The van der Waals surface area contributed by atoms with E-state index in [1.807, 2.05) is 11.8 Å². The Hall–Kier alpha value is -3.36. The van der Waals surface area contributed by atoms with Gasteiger partial charge in [-0.05, 0) is 84.4 Å². The lowest BCUT2D eigenvalue weighted by Crippen LogP contribution is -2.57. The minimum absolute atomic E-state index is 0.0126. The standard InChI is InChI=1S/C38H49ClFN7O5/c1-21-14-24(15-22(2)52-21)47-11-7-10-38(9-6-8-28(38)47)20-51-36-43-33-30(34(44-36)46-12-13-50-19-37(4,48)18-46)35(49-5)42-32(31(33)40)29-23(3)26(39)16-27-25(29)17-41-45-27/h16-17,21-22,24,28,48H,6-15,18-20H2,1-5H3,(H,41,45)/t21-,22-,28?,37+,38-/m1/s1. The molecule has 2 N–H and O–H groups in total. The van der Waals surface area contributed by atoms with Crippen LogP contribution < -0.4 is 14.4 Å². The highest BCUT2D eigenvalue weighted by Crippen LogP contribution is 2.50. The molecule has 14 heteroatoms. The number of halogens is 2. The van der Waals surface area contributed by atoms with Crippen LogP contribution in [-0.4, -0.2) is 112 Å². The fourth-order valence-electron chi connectivity index (χ4n) is 9.59. The van der Waals surface area contributed by atoms with Crippen molar-refractivity contribution < 1.29 is 28.4 Å². The van der Waals surface area contributed by atoms with Crippen molar-refractivity contribution in [3.05, 3.63) is 28.7 Å². The monoisotopic (exact) mass is 737 g/mol. The topological polar surface area (TPSA) is 131 Å². The fraction of sp³-hybridized carbons (Fsp3) is 0.632. The lowest BCUT2D eigenvalue weighted by atomic mass is 9.74. The molecule has 4 fully saturated rings. The second-order valence-electron chi connectivity index (χ2n) is 15.8. The molecule has 52 heavy (non-hydrogen) atoms. The van der Waals surface area contributed by atoms with Crippen LogP contribution >= 0.6 is 11.6 Å². The number of fused-ring (bicyclic) bond motifs is 3. The first-order valence-electron chi connectivity index (χ1n) is 18.6. The zero-order valence-electron chi connectivity index (χ0n) is 30.7. The minimum Gasteiger partial charge on any atom is -0.480 e. The van der Waals surface area contributed by atoms with Crippen LogP contribution in [-0.2, 0) is 9.47 Å². The molecule has 1 aromatic carbocycles. The molecule has 5 atom stereocenters. The van der Waals surface area contributed by atoms with Gasteiger partial charge in [0.15, 0.2) is 5.82 Å². The summed E-state index contributed by atoms with van der Waals surface area (Å²) < 4.78 is 41.6. The number of piperidine rings is 1. The number of pyridine rings is 1. The molecular weight excluding hydrogens is 689 g/mol. The van der Waals surface area contributed by atoms with Crippen LogP contribution in [0.1, 0.15) is 71.3 Å². The number of rotatable bonds is 7. The number of hydrogen-bond donors (Lipinski definition) is 2. The summed E-state index contributed by atoms with van der Waals surface area (Å²) in [7, 11) is 1.49. The minimum atomic E-state index is -1.18. The number of nitrogens with zero attached hydrogens (tertiary/aromatic N) is 6. The summed E-state index contributed by atoms with van der Waals surface area (Å²) >= 11 is 6.64. The van der Waals surface area contributed by atoms with Gasteiger partial charge in [0.25, 0.3) is 0 Å². The van der Waals surface area contributed by atoms with E-state index in [2.05, 4.69) is 28.9 Å². The number of H-pyrrole nitrogens is 1. The van der Waals surface area contributed by atoms with Gasteiger partial charge in [-0.1, -0.05) is 18.0 Å². The van der Waals surface area contributed by atoms with E-state index in [9.17, 15) is 5.11 Å². The molecule has 8 rings (SSSR count). The molecule has 4 aromatic rings. The number of aromatic nitrogens is 5. The number of anilines is 1. The second kappa shape index (κ2) is 13.8. The van der Waals surface area contributed by atoms with Crippen molar-refractivity contribution >= 4 is 39.2 Å². The first-order valence-corrected chi connectivity index (χ1v) is 19.0. The lowest BCUT2D eigenvalue weighted by molar-refractivity contribution is -0.0967. The van der Waals surface area contributed by atoms with E-state index < -0.39 is 11.4 Å². The Kier molecular flexibility index (Phi) is 9.47. The van der Waals surface area contributed by atoms with E-state index >= 15 is 4.39 Å². The molecule has 3 aliphatic heterocycles. The smallest absolute Gasteiger partial charge is 0.319 e. The van der Waals surface area contributed by atoms with Gasteiger partial charge in [-0.15, -0.1) is 0 Å². The molecular formula is C38H49ClFN7O5. The molecule has 1 saturated carbocycles. The molecule has 4 aliphatic rings. The summed E-state index contributed by atoms with van der Waals surface area (Å²) in [5.41, 5.74) is 0.604. The predicted molar refractivity (Wildman–Crippen MR) is 197 cm³/mol. The number of nitrogens with one attached hydrogen (secondary N) is 1. The molecule has 3 aromatic heterocycles. The molecule has 6 heterocycles. The third-order valence-corrected chi connectivity index (χ3v) is 12.2. The predicted octanol–water partition coefficient (Wildman–Crippen LogP) is 6.23. The summed E-state index contributed by atoms with van der Waals surface area (Å²) in [6.45, 7) is 10.5. The molecule has 1 unspecified atom stereocenters. The van der Waals surface area contributed by atoms with Gasteiger partial charge in [0, 0.05) is 40.0 Å². The van der Waals surface area contributed by atoms with Gasteiger partial charge < -0.3 is 29.0 Å². The largest absolute Gasteiger partial charge is 0.480 e. The highest BCUT2D eigenvalue weighted by molar-refractivity contribution is 6.33. The van der Waals surface area contributed by atoms with E-state index in [1.165, 1.54) is 7.11 Å². The van der Waals surface area contributed by atoms with Crippen molar-refractivity contribution in [3.8, 4) is 23.1 Å². The number of aromatic amines is 1. The number of β-amino-alcohol motifs (C(OH)–C–C–N with tert-alkyl or cyclic N) is 1. The van der Waals surface area contributed by atoms with Gasteiger partial charge in [-0.2, -0.15) is 15.1 Å². The van der Waals surface area contributed by atoms with Gasteiger partial charge in [-0.3, -0.25) is 10.00 Å². The van der Waals surface area contributed by atoms with Crippen molar-refractivity contribution in [2.75, 3.05) is 51.5 Å². The van der Waals surface area contributed by atoms with Crippen molar-refractivity contribution in [3.63, 3.8) is 0 Å². The van der Waals surface area contributed by atoms with Crippen LogP contribution in [0.3, 0.4) is 0 Å². The molecule has 3 saturated heterocycles. The third-order valence-electron chi connectivity index (χ3n) is 11.8. The Morgan fingerprint density at radius 3 is 2.71 bits per heavy atom. The van der Waals surface area contributed by atoms with Crippen molar-refractivity contribution in [2.24, 2.45) is 5.41 Å². The molecule has 280 valence electrons. The van der Waals surface area contributed by atoms with Crippen molar-refractivity contribution in [2.45, 2.75) is 103 Å². The van der Waals surface area contributed by atoms with Crippen LogP contribution in [0.25, 0.3) is 33.1 Å².